The van der Waals surface area contributed by atoms with E-state index < -0.39 is 18.0 Å². The lowest BCUT2D eigenvalue weighted by atomic mass is 10.0. The first kappa shape index (κ1) is 18.2. The number of benzene rings is 2. The number of aliphatic hydroxyl groups is 1. The fourth-order valence-corrected chi connectivity index (χ4v) is 2.55. The predicted octanol–water partition coefficient (Wildman–Crippen LogP) is 2.69. The zero-order chi connectivity index (χ0) is 16.4. The quantitative estimate of drug-likeness (QED) is 0.887. The van der Waals surface area contributed by atoms with Gasteiger partial charge in [-0.25, -0.2) is 9.18 Å². The van der Waals surface area contributed by atoms with Gasteiger partial charge in [0.05, 0.1) is 18.8 Å². The van der Waals surface area contributed by atoms with E-state index in [1.165, 1.54) is 11.0 Å². The van der Waals surface area contributed by atoms with Crippen LogP contribution in [0.5, 0.6) is 0 Å². The summed E-state index contributed by atoms with van der Waals surface area (Å²) in [7, 11) is 0. The van der Waals surface area contributed by atoms with Crippen LogP contribution in [0.25, 0.3) is 11.1 Å². The molecule has 0 aliphatic carbocycles. The normalized spacial score (nSPS) is 16.7. The Morgan fingerprint density at radius 2 is 1.96 bits per heavy atom. The largest absolute Gasteiger partial charge is 0.441 e. The van der Waals surface area contributed by atoms with Crippen LogP contribution in [0.3, 0.4) is 0 Å². The molecule has 1 heterocycles. The van der Waals surface area contributed by atoms with Crippen LogP contribution in [0.15, 0.2) is 42.5 Å². The number of cyclic esters (lactones) is 1. The van der Waals surface area contributed by atoms with E-state index in [9.17, 15) is 9.18 Å². The molecule has 1 fully saturated rings. The molecular weight excluding hydrogens is 335 g/mol. The van der Waals surface area contributed by atoms with E-state index in [1.807, 2.05) is 24.3 Å². The average molecular weight is 353 g/mol. The number of rotatable bonds is 4. The molecule has 0 saturated carbocycles. The molecule has 1 amide bonds. The Balaban J connectivity index is 0.00000208. The summed E-state index contributed by atoms with van der Waals surface area (Å²) in [4.78, 5) is 13.0. The molecular formula is C17H18ClFN2O3. The number of anilines is 1. The highest BCUT2D eigenvalue weighted by atomic mass is 35.5. The second-order valence-corrected chi connectivity index (χ2v) is 5.36. The number of carbonyl (C=O) groups excluding carboxylic acids is 1. The fourth-order valence-electron chi connectivity index (χ4n) is 2.55. The Bertz CT molecular complexity index is 724. The number of ether oxygens (including phenoxy) is 1. The minimum absolute atomic E-state index is 0. The Morgan fingerprint density at radius 3 is 2.50 bits per heavy atom. The highest BCUT2D eigenvalue weighted by molar-refractivity contribution is 5.90. The molecule has 7 heteroatoms. The Labute approximate surface area is 145 Å². The topological polar surface area (TPSA) is 75.8 Å². The summed E-state index contributed by atoms with van der Waals surface area (Å²) in [6, 6.07) is 11.9. The van der Waals surface area contributed by atoms with Crippen LogP contribution in [0, 0.1) is 5.82 Å². The van der Waals surface area contributed by atoms with E-state index in [-0.39, 0.29) is 25.6 Å². The molecule has 128 valence electrons. The Morgan fingerprint density at radius 1 is 1.25 bits per heavy atom. The number of amides is 1. The molecule has 0 aromatic heterocycles. The third-order valence-corrected chi connectivity index (χ3v) is 3.84. The van der Waals surface area contributed by atoms with Crippen molar-refractivity contribution in [2.75, 3.05) is 18.1 Å². The summed E-state index contributed by atoms with van der Waals surface area (Å²) in [5.41, 5.74) is 8.12. The van der Waals surface area contributed by atoms with Crippen LogP contribution in [0.4, 0.5) is 14.9 Å². The predicted molar refractivity (Wildman–Crippen MR) is 91.7 cm³/mol. The molecule has 5 nitrogen and oxygen atoms in total. The van der Waals surface area contributed by atoms with E-state index in [4.69, 9.17) is 15.6 Å². The number of hydrogen-bond acceptors (Lipinski definition) is 4. The minimum Gasteiger partial charge on any atom is -0.441 e. The third kappa shape index (κ3) is 3.51. The van der Waals surface area contributed by atoms with Gasteiger partial charge in [0.15, 0.2) is 0 Å². The SMILES string of the molecule is Cl.NCc1ccc(-c2ccc(N3C[C@H](CO)OC3=O)cc2F)cc1. The van der Waals surface area contributed by atoms with Crippen molar-refractivity contribution in [2.24, 2.45) is 5.73 Å². The molecule has 1 aliphatic heterocycles. The van der Waals surface area contributed by atoms with Gasteiger partial charge in [0, 0.05) is 12.1 Å². The van der Waals surface area contributed by atoms with Gasteiger partial charge < -0.3 is 15.6 Å². The van der Waals surface area contributed by atoms with Crippen LogP contribution in [0.2, 0.25) is 0 Å². The number of nitrogens with two attached hydrogens (primary N) is 1. The van der Waals surface area contributed by atoms with Crippen LogP contribution in [-0.4, -0.2) is 30.5 Å². The monoisotopic (exact) mass is 352 g/mol. The molecule has 24 heavy (non-hydrogen) atoms. The summed E-state index contributed by atoms with van der Waals surface area (Å²) < 4.78 is 19.4. The van der Waals surface area contributed by atoms with Gasteiger partial charge in [-0.2, -0.15) is 0 Å². The molecule has 1 aliphatic rings. The van der Waals surface area contributed by atoms with E-state index >= 15 is 0 Å². The third-order valence-electron chi connectivity index (χ3n) is 3.84. The lowest BCUT2D eigenvalue weighted by Gasteiger charge is -2.14. The molecule has 3 rings (SSSR count). The van der Waals surface area contributed by atoms with Gasteiger partial charge in [-0.05, 0) is 29.3 Å². The molecule has 0 radical (unpaired) electrons. The van der Waals surface area contributed by atoms with Gasteiger partial charge in [0.25, 0.3) is 0 Å². The smallest absolute Gasteiger partial charge is 0.414 e. The average Bonchev–Trinajstić information content (AvgIpc) is 2.96. The minimum atomic E-state index is -0.580. The van der Waals surface area contributed by atoms with Crippen LogP contribution < -0.4 is 10.6 Å². The van der Waals surface area contributed by atoms with Crippen molar-refractivity contribution in [3.05, 3.63) is 53.8 Å². The highest BCUT2D eigenvalue weighted by Crippen LogP contribution is 2.29. The van der Waals surface area contributed by atoms with E-state index in [2.05, 4.69) is 0 Å². The molecule has 1 saturated heterocycles. The van der Waals surface area contributed by atoms with Gasteiger partial charge >= 0.3 is 6.09 Å². The van der Waals surface area contributed by atoms with Gasteiger partial charge in [-0.15, -0.1) is 12.4 Å². The second kappa shape index (κ2) is 7.61. The number of halogens is 2. The molecule has 0 spiro atoms. The van der Waals surface area contributed by atoms with Crippen LogP contribution >= 0.6 is 12.4 Å². The van der Waals surface area contributed by atoms with Crippen molar-refractivity contribution in [2.45, 2.75) is 12.6 Å². The van der Waals surface area contributed by atoms with Gasteiger partial charge in [0.1, 0.15) is 11.9 Å². The first-order chi connectivity index (χ1) is 11.1. The summed E-state index contributed by atoms with van der Waals surface area (Å²) in [5.74, 6) is -0.428. The number of nitrogens with zero attached hydrogens (tertiary/aromatic N) is 1. The summed E-state index contributed by atoms with van der Waals surface area (Å²) in [6.07, 6.45) is -1.16. The maximum atomic E-state index is 14.4. The molecule has 3 N–H and O–H groups in total. The standard InChI is InChI=1S/C17H17FN2O3.ClH/c18-16-7-13(20-9-14(10-21)23-17(20)22)5-6-15(16)12-3-1-11(8-19)2-4-12;/h1-7,14,21H,8-10,19H2;1H/t14-;/m1./s1. The first-order valence-corrected chi connectivity index (χ1v) is 7.30. The number of aliphatic hydroxyl groups excluding tert-OH is 1. The van der Waals surface area contributed by atoms with Crippen molar-refractivity contribution in [3.8, 4) is 11.1 Å². The molecule has 1 atom stereocenters. The van der Waals surface area contributed by atoms with Gasteiger partial charge in [-0.3, -0.25) is 4.90 Å². The summed E-state index contributed by atoms with van der Waals surface area (Å²) in [6.45, 7) is 0.389. The molecule has 0 bridgehead atoms. The zero-order valence-corrected chi connectivity index (χ0v) is 13.6. The Hall–Kier alpha value is -2.15. The molecule has 2 aromatic carbocycles. The van der Waals surface area contributed by atoms with E-state index in [1.54, 1.807) is 12.1 Å². The van der Waals surface area contributed by atoms with Crippen molar-refractivity contribution in [1.82, 2.24) is 0 Å². The van der Waals surface area contributed by atoms with Crippen molar-refractivity contribution in [1.29, 1.82) is 0 Å². The summed E-state index contributed by atoms with van der Waals surface area (Å²) >= 11 is 0. The maximum Gasteiger partial charge on any atom is 0.414 e. The zero-order valence-electron chi connectivity index (χ0n) is 12.8. The lowest BCUT2D eigenvalue weighted by molar-refractivity contribution is 0.0963. The first-order valence-electron chi connectivity index (χ1n) is 7.30. The Kier molecular flexibility index (Phi) is 5.77. The molecule has 0 unspecified atom stereocenters. The van der Waals surface area contributed by atoms with E-state index in [0.717, 1.165) is 11.1 Å². The van der Waals surface area contributed by atoms with Crippen molar-refractivity contribution >= 4 is 24.2 Å². The van der Waals surface area contributed by atoms with Crippen LogP contribution in [0.1, 0.15) is 5.56 Å². The van der Waals surface area contributed by atoms with Crippen LogP contribution in [-0.2, 0) is 11.3 Å². The molecule has 2 aromatic rings. The highest BCUT2D eigenvalue weighted by Gasteiger charge is 2.32. The second-order valence-electron chi connectivity index (χ2n) is 5.36. The maximum absolute atomic E-state index is 14.4. The van der Waals surface area contributed by atoms with Gasteiger partial charge in [-0.1, -0.05) is 24.3 Å². The van der Waals surface area contributed by atoms with E-state index in [0.29, 0.717) is 17.8 Å². The summed E-state index contributed by atoms with van der Waals surface area (Å²) in [5, 5.41) is 9.05. The lowest BCUT2D eigenvalue weighted by Crippen LogP contribution is -2.25. The fraction of sp³-hybridized carbons (Fsp3) is 0.235. The number of hydrogen-bond donors (Lipinski definition) is 2. The van der Waals surface area contributed by atoms with Crippen molar-refractivity contribution in [3.63, 3.8) is 0 Å². The van der Waals surface area contributed by atoms with Gasteiger partial charge in [0.2, 0.25) is 0 Å². The number of carbonyl (C=O) groups is 1. The van der Waals surface area contributed by atoms with Crippen molar-refractivity contribution < 1.29 is 19.0 Å².